The molecule has 0 saturated carbocycles. The standard InChI is InChI=1S/C35H38N4O3/c1-9-38-17(3)34(5,6)23-15-21(27-19(29(23)38)11-13-36-27)25-31(40)26(33(42)32(25)41)22-16-24-30(20-12-14-37-28(20)22)39(10-2)18(4)35(24,7)8/h11-18,36,40H,9-10H2,1-8H3. The number of nitrogens with zero attached hydrogens (tertiary/aromatic N) is 3. The maximum atomic E-state index is 13.9. The summed E-state index contributed by atoms with van der Waals surface area (Å²) < 4.78 is 0. The van der Waals surface area contributed by atoms with Gasteiger partial charge in [-0.2, -0.15) is 0 Å². The number of carbonyl (C=O) groups is 2. The van der Waals surface area contributed by atoms with Gasteiger partial charge in [-0.15, -0.1) is 0 Å². The first-order valence-corrected chi connectivity index (χ1v) is 15.0. The molecule has 2 atom stereocenters. The van der Waals surface area contributed by atoms with Crippen molar-refractivity contribution in [1.29, 1.82) is 0 Å². The summed E-state index contributed by atoms with van der Waals surface area (Å²) >= 11 is 0. The van der Waals surface area contributed by atoms with Crippen LogP contribution in [0.4, 0.5) is 11.4 Å². The number of hydrogen-bond acceptors (Lipinski definition) is 6. The fourth-order valence-corrected chi connectivity index (χ4v) is 7.92. The van der Waals surface area contributed by atoms with E-state index in [0.717, 1.165) is 52.1 Å². The summed E-state index contributed by atoms with van der Waals surface area (Å²) in [5.41, 5.74) is 6.44. The molecule has 3 aromatic rings. The SMILES string of the molecule is CCN1c2c(cc(=C3C(=O)C(=O)C(c4cc5c(c6cc[nH]c46)N(CC)C(C)C5(C)C)=C3O)c3c2C=CN=3)C(C)(C)C1C. The van der Waals surface area contributed by atoms with E-state index >= 15 is 0 Å². The summed E-state index contributed by atoms with van der Waals surface area (Å²) in [6.07, 6.45) is 5.58. The van der Waals surface area contributed by atoms with Gasteiger partial charge in [0.2, 0.25) is 11.6 Å². The molecular formula is C35H38N4O3. The van der Waals surface area contributed by atoms with Crippen molar-refractivity contribution in [3.05, 3.63) is 69.2 Å². The molecule has 4 heterocycles. The molecular weight excluding hydrogens is 524 g/mol. The van der Waals surface area contributed by atoms with Crippen LogP contribution >= 0.6 is 0 Å². The number of aliphatic hydroxyl groups is 1. The molecule has 1 aliphatic carbocycles. The second kappa shape index (κ2) is 8.46. The number of aromatic nitrogens is 1. The van der Waals surface area contributed by atoms with Gasteiger partial charge in [0.25, 0.3) is 0 Å². The Kier molecular flexibility index (Phi) is 5.39. The number of carbonyl (C=O) groups excluding carboxylic acids is 2. The molecule has 4 aliphatic rings. The van der Waals surface area contributed by atoms with Gasteiger partial charge in [0.05, 0.1) is 33.4 Å². The van der Waals surface area contributed by atoms with E-state index in [4.69, 9.17) is 0 Å². The molecule has 0 bridgehead atoms. The smallest absolute Gasteiger partial charge is 0.238 e. The van der Waals surface area contributed by atoms with Crippen LogP contribution in [-0.2, 0) is 20.4 Å². The Labute approximate surface area is 245 Å². The van der Waals surface area contributed by atoms with E-state index < -0.39 is 11.6 Å². The molecule has 0 radical (unpaired) electrons. The average molecular weight is 563 g/mol. The van der Waals surface area contributed by atoms with E-state index in [0.29, 0.717) is 16.1 Å². The van der Waals surface area contributed by atoms with E-state index in [9.17, 15) is 14.7 Å². The third-order valence-corrected chi connectivity index (χ3v) is 10.9. The summed E-state index contributed by atoms with van der Waals surface area (Å²) in [5.74, 6) is -1.64. The number of hydrogen-bond donors (Lipinski definition) is 2. The number of allylic oxidation sites excluding steroid dienone is 2. The Morgan fingerprint density at radius 2 is 1.50 bits per heavy atom. The maximum absolute atomic E-state index is 13.9. The van der Waals surface area contributed by atoms with Gasteiger partial charge in [-0.25, -0.2) is 0 Å². The number of anilines is 2. The molecule has 2 unspecified atom stereocenters. The first-order valence-electron chi connectivity index (χ1n) is 15.0. The fraction of sp³-hybridized carbons (Fsp3) is 0.400. The highest BCUT2D eigenvalue weighted by Crippen LogP contribution is 2.51. The van der Waals surface area contributed by atoms with Crippen molar-refractivity contribution in [2.45, 2.75) is 78.3 Å². The minimum Gasteiger partial charge on any atom is -0.506 e. The molecule has 7 rings (SSSR count). The molecule has 216 valence electrons. The number of aromatic amines is 1. The van der Waals surface area contributed by atoms with E-state index in [2.05, 4.69) is 75.2 Å². The molecule has 2 aromatic carbocycles. The number of likely N-dealkylation sites (N-methyl/N-ethyl adjacent to an activating group) is 2. The van der Waals surface area contributed by atoms with Gasteiger partial charge in [0, 0.05) is 70.1 Å². The zero-order chi connectivity index (χ0) is 30.0. The van der Waals surface area contributed by atoms with Crippen LogP contribution in [0.15, 0.2) is 41.3 Å². The maximum Gasteiger partial charge on any atom is 0.238 e. The van der Waals surface area contributed by atoms with E-state index in [1.54, 1.807) is 6.20 Å². The van der Waals surface area contributed by atoms with Crippen LogP contribution in [0.1, 0.15) is 77.6 Å². The molecule has 3 aliphatic heterocycles. The van der Waals surface area contributed by atoms with E-state index in [-0.39, 0.29) is 39.8 Å². The Hall–Kier alpha value is -4.13. The summed E-state index contributed by atoms with van der Waals surface area (Å²) in [5, 5.41) is 14.0. The third-order valence-electron chi connectivity index (χ3n) is 10.9. The van der Waals surface area contributed by atoms with Gasteiger partial charge < -0.3 is 19.9 Å². The Bertz CT molecular complexity index is 1960. The molecule has 7 heteroatoms. The highest BCUT2D eigenvalue weighted by atomic mass is 16.3. The zero-order valence-electron chi connectivity index (χ0n) is 25.6. The number of fused-ring (bicyclic) bond motifs is 6. The normalized spacial score (nSPS) is 24.7. The van der Waals surface area contributed by atoms with E-state index in [1.807, 2.05) is 30.5 Å². The first-order chi connectivity index (χ1) is 19.9. The summed E-state index contributed by atoms with van der Waals surface area (Å²) in [7, 11) is 0. The Morgan fingerprint density at radius 3 is 2.14 bits per heavy atom. The number of H-pyrrole nitrogens is 1. The molecule has 2 N–H and O–H groups in total. The zero-order valence-corrected chi connectivity index (χ0v) is 25.6. The van der Waals surface area contributed by atoms with E-state index in [1.165, 1.54) is 0 Å². The number of nitrogens with one attached hydrogen (secondary N) is 1. The van der Waals surface area contributed by atoms with Crippen LogP contribution in [0.25, 0.3) is 28.1 Å². The molecule has 0 saturated heterocycles. The fourth-order valence-electron chi connectivity index (χ4n) is 7.92. The van der Waals surface area contributed by atoms with Crippen LogP contribution in [0.3, 0.4) is 0 Å². The second-order valence-corrected chi connectivity index (χ2v) is 13.2. The molecule has 0 amide bonds. The predicted molar refractivity (Wildman–Crippen MR) is 169 cm³/mol. The lowest BCUT2D eigenvalue weighted by Crippen LogP contribution is -2.38. The summed E-state index contributed by atoms with van der Waals surface area (Å²) in [4.78, 5) is 40.5. The Balaban J connectivity index is 1.55. The number of benzene rings is 2. The average Bonchev–Trinajstić information content (AvgIpc) is 3.74. The van der Waals surface area contributed by atoms with Crippen molar-refractivity contribution in [3.8, 4) is 0 Å². The van der Waals surface area contributed by atoms with Crippen LogP contribution < -0.4 is 20.4 Å². The molecule has 1 aromatic heterocycles. The lowest BCUT2D eigenvalue weighted by molar-refractivity contribution is -0.129. The molecule has 42 heavy (non-hydrogen) atoms. The first kappa shape index (κ1) is 26.7. The topological polar surface area (TPSA) is 89.0 Å². The summed E-state index contributed by atoms with van der Waals surface area (Å²) in [6.45, 7) is 19.3. The largest absolute Gasteiger partial charge is 0.506 e. The predicted octanol–water partition coefficient (Wildman–Crippen LogP) is 5.06. The van der Waals surface area contributed by atoms with Crippen molar-refractivity contribution in [2.24, 2.45) is 4.99 Å². The van der Waals surface area contributed by atoms with Crippen LogP contribution in [0.5, 0.6) is 0 Å². The monoisotopic (exact) mass is 562 g/mol. The van der Waals surface area contributed by atoms with Gasteiger partial charge in [-0.1, -0.05) is 27.7 Å². The van der Waals surface area contributed by atoms with Gasteiger partial charge in [-0.05, 0) is 63.1 Å². The third kappa shape index (κ3) is 3.04. The van der Waals surface area contributed by atoms with Crippen molar-refractivity contribution in [2.75, 3.05) is 22.9 Å². The number of aliphatic hydroxyl groups excluding tert-OH is 1. The minimum atomic E-state index is -0.689. The van der Waals surface area contributed by atoms with Crippen molar-refractivity contribution in [1.82, 2.24) is 4.98 Å². The van der Waals surface area contributed by atoms with Crippen molar-refractivity contribution in [3.63, 3.8) is 0 Å². The quantitative estimate of drug-likeness (QED) is 0.436. The second-order valence-electron chi connectivity index (χ2n) is 13.2. The highest BCUT2D eigenvalue weighted by molar-refractivity contribution is 6.70. The van der Waals surface area contributed by atoms with Gasteiger partial charge >= 0.3 is 0 Å². The number of ketones is 2. The van der Waals surface area contributed by atoms with Crippen molar-refractivity contribution >= 4 is 51.1 Å². The van der Waals surface area contributed by atoms with Crippen LogP contribution in [0, 0.1) is 0 Å². The molecule has 7 nitrogen and oxygen atoms in total. The van der Waals surface area contributed by atoms with Crippen molar-refractivity contribution < 1.29 is 14.7 Å². The summed E-state index contributed by atoms with van der Waals surface area (Å²) in [6, 6.07) is 6.51. The lowest BCUT2D eigenvalue weighted by atomic mass is 9.79. The molecule has 0 spiro atoms. The number of Topliss-reactive ketones (excluding diaryl/α,β-unsaturated/α-hetero) is 2. The van der Waals surface area contributed by atoms with Crippen LogP contribution in [-0.4, -0.2) is 46.8 Å². The van der Waals surface area contributed by atoms with Gasteiger partial charge in [-0.3, -0.25) is 14.6 Å². The van der Waals surface area contributed by atoms with Gasteiger partial charge in [0.15, 0.2) is 0 Å². The number of rotatable bonds is 3. The minimum absolute atomic E-state index is 0.0444. The van der Waals surface area contributed by atoms with Crippen LogP contribution in [0.2, 0.25) is 0 Å². The highest BCUT2D eigenvalue weighted by Gasteiger charge is 2.47. The van der Waals surface area contributed by atoms with Gasteiger partial charge in [0.1, 0.15) is 5.76 Å². The Morgan fingerprint density at radius 1 is 0.905 bits per heavy atom. The lowest BCUT2D eigenvalue weighted by Gasteiger charge is -2.30. The molecule has 0 fully saturated rings.